The summed E-state index contributed by atoms with van der Waals surface area (Å²) in [6.45, 7) is 3.51. The van der Waals surface area contributed by atoms with E-state index in [1.165, 1.54) is 6.92 Å². The number of carbonyl (C=O) groups is 1. The molecule has 16 heavy (non-hydrogen) atoms. The first-order valence-electron chi connectivity index (χ1n) is 5.50. The molecular formula is C13H18O3. The number of aliphatic hydroxyl groups is 1. The zero-order valence-electron chi connectivity index (χ0n) is 9.77. The molecule has 0 aromatic heterocycles. The molecule has 0 spiro atoms. The zero-order chi connectivity index (χ0) is 12.0. The van der Waals surface area contributed by atoms with E-state index in [9.17, 15) is 9.90 Å². The van der Waals surface area contributed by atoms with Crippen LogP contribution in [0.5, 0.6) is 0 Å². The Balaban J connectivity index is 2.51. The predicted octanol–water partition coefficient (Wildman–Crippen LogP) is 1.93. The molecule has 0 aliphatic heterocycles. The van der Waals surface area contributed by atoms with Gasteiger partial charge in [0, 0.05) is 0 Å². The molecule has 1 rings (SSSR count). The first-order chi connectivity index (χ1) is 7.56. The van der Waals surface area contributed by atoms with Gasteiger partial charge in [-0.3, -0.25) is 0 Å². The normalized spacial score (nSPS) is 14.2. The van der Waals surface area contributed by atoms with Crippen molar-refractivity contribution in [1.29, 1.82) is 0 Å². The average Bonchev–Trinajstić information content (AvgIpc) is 2.28. The Morgan fingerprint density at radius 3 is 2.56 bits per heavy atom. The maximum Gasteiger partial charge on any atom is 0.337 e. The maximum absolute atomic E-state index is 11.4. The minimum atomic E-state index is -1.40. The lowest BCUT2D eigenvalue weighted by Gasteiger charge is -2.20. The number of hydrogen-bond acceptors (Lipinski definition) is 3. The van der Waals surface area contributed by atoms with Gasteiger partial charge in [0.15, 0.2) is 5.60 Å². The van der Waals surface area contributed by atoms with Gasteiger partial charge in [-0.05, 0) is 32.3 Å². The number of hydrogen-bond donors (Lipinski definition) is 1. The largest absolute Gasteiger partial charge is 0.464 e. The first kappa shape index (κ1) is 12.7. The van der Waals surface area contributed by atoms with Crippen LogP contribution in [-0.4, -0.2) is 23.3 Å². The van der Waals surface area contributed by atoms with Gasteiger partial charge in [0.2, 0.25) is 0 Å². The highest BCUT2D eigenvalue weighted by Gasteiger charge is 2.31. The third-order valence-corrected chi connectivity index (χ3v) is 2.46. The van der Waals surface area contributed by atoms with Crippen molar-refractivity contribution in [2.75, 3.05) is 6.61 Å². The number of esters is 1. The molecule has 0 bridgehead atoms. The van der Waals surface area contributed by atoms with Crippen molar-refractivity contribution in [3.05, 3.63) is 35.9 Å². The Morgan fingerprint density at radius 1 is 1.38 bits per heavy atom. The van der Waals surface area contributed by atoms with Gasteiger partial charge in [0.1, 0.15) is 0 Å². The number of ether oxygens (including phenoxy) is 1. The topological polar surface area (TPSA) is 46.5 Å². The van der Waals surface area contributed by atoms with E-state index >= 15 is 0 Å². The van der Waals surface area contributed by atoms with Crippen molar-refractivity contribution in [1.82, 2.24) is 0 Å². The Morgan fingerprint density at radius 2 is 2.00 bits per heavy atom. The van der Waals surface area contributed by atoms with Crippen LogP contribution in [0, 0.1) is 0 Å². The van der Waals surface area contributed by atoms with Crippen LogP contribution in [0.3, 0.4) is 0 Å². The van der Waals surface area contributed by atoms with E-state index in [-0.39, 0.29) is 0 Å². The number of benzene rings is 1. The van der Waals surface area contributed by atoms with Crippen LogP contribution in [0.25, 0.3) is 0 Å². The molecular weight excluding hydrogens is 204 g/mol. The summed E-state index contributed by atoms with van der Waals surface area (Å²) in [7, 11) is 0. The Labute approximate surface area is 96.1 Å². The van der Waals surface area contributed by atoms with Gasteiger partial charge >= 0.3 is 5.97 Å². The van der Waals surface area contributed by atoms with E-state index in [1.807, 2.05) is 30.3 Å². The highest BCUT2D eigenvalue weighted by Crippen LogP contribution is 2.15. The summed E-state index contributed by atoms with van der Waals surface area (Å²) in [6.07, 6.45) is 1.03. The van der Waals surface area contributed by atoms with Crippen molar-refractivity contribution in [3.63, 3.8) is 0 Å². The molecule has 0 radical (unpaired) electrons. The second-order valence-corrected chi connectivity index (χ2v) is 3.98. The molecule has 0 heterocycles. The molecule has 1 atom stereocenters. The van der Waals surface area contributed by atoms with Crippen LogP contribution in [0.15, 0.2) is 30.3 Å². The minimum Gasteiger partial charge on any atom is -0.464 e. The summed E-state index contributed by atoms with van der Waals surface area (Å²) >= 11 is 0. The quantitative estimate of drug-likeness (QED) is 0.774. The van der Waals surface area contributed by atoms with Crippen molar-refractivity contribution in [2.24, 2.45) is 0 Å². The van der Waals surface area contributed by atoms with Gasteiger partial charge in [-0.25, -0.2) is 4.79 Å². The number of rotatable bonds is 5. The van der Waals surface area contributed by atoms with Crippen LogP contribution in [0.2, 0.25) is 0 Å². The minimum absolute atomic E-state index is 0.292. The van der Waals surface area contributed by atoms with Crippen molar-refractivity contribution >= 4 is 5.97 Å². The van der Waals surface area contributed by atoms with Crippen molar-refractivity contribution < 1.29 is 14.6 Å². The summed E-state index contributed by atoms with van der Waals surface area (Å²) in [5, 5.41) is 9.90. The molecule has 0 fully saturated rings. The number of carbonyl (C=O) groups excluding carboxylic acids is 1. The third-order valence-electron chi connectivity index (χ3n) is 2.46. The van der Waals surface area contributed by atoms with Gasteiger partial charge in [-0.1, -0.05) is 30.3 Å². The molecule has 3 nitrogen and oxygen atoms in total. The van der Waals surface area contributed by atoms with E-state index in [2.05, 4.69) is 0 Å². The molecule has 1 N–H and O–H groups in total. The van der Waals surface area contributed by atoms with E-state index in [1.54, 1.807) is 6.92 Å². The van der Waals surface area contributed by atoms with Crippen molar-refractivity contribution in [3.8, 4) is 0 Å². The second-order valence-electron chi connectivity index (χ2n) is 3.98. The molecule has 3 heteroatoms. The van der Waals surface area contributed by atoms with Gasteiger partial charge < -0.3 is 9.84 Å². The summed E-state index contributed by atoms with van der Waals surface area (Å²) in [5.41, 5.74) is -0.293. The average molecular weight is 222 g/mol. The monoisotopic (exact) mass is 222 g/mol. The summed E-state index contributed by atoms with van der Waals surface area (Å²) in [5.74, 6) is -0.550. The lowest BCUT2D eigenvalue weighted by atomic mass is 9.97. The van der Waals surface area contributed by atoms with Crippen LogP contribution in [0.4, 0.5) is 0 Å². The molecule has 1 aromatic carbocycles. The molecule has 0 aliphatic rings. The SMILES string of the molecule is CCOC(=O)[C@@](C)(O)CCc1ccccc1. The fourth-order valence-corrected chi connectivity index (χ4v) is 1.42. The van der Waals surface area contributed by atoms with E-state index in [0.717, 1.165) is 5.56 Å². The predicted molar refractivity (Wildman–Crippen MR) is 62.0 cm³/mol. The van der Waals surface area contributed by atoms with Gasteiger partial charge in [0.05, 0.1) is 6.61 Å². The van der Waals surface area contributed by atoms with Crippen LogP contribution >= 0.6 is 0 Å². The van der Waals surface area contributed by atoms with Gasteiger partial charge in [0.25, 0.3) is 0 Å². The summed E-state index contributed by atoms with van der Waals surface area (Å²) < 4.78 is 4.81. The summed E-state index contributed by atoms with van der Waals surface area (Å²) in [4.78, 5) is 11.4. The lowest BCUT2D eigenvalue weighted by Crippen LogP contribution is -2.37. The van der Waals surface area contributed by atoms with E-state index in [4.69, 9.17) is 4.74 Å². The first-order valence-corrected chi connectivity index (χ1v) is 5.50. The second kappa shape index (κ2) is 5.66. The van der Waals surface area contributed by atoms with Crippen LogP contribution < -0.4 is 0 Å². The number of aryl methyl sites for hydroxylation is 1. The highest BCUT2D eigenvalue weighted by molar-refractivity contribution is 5.78. The Hall–Kier alpha value is -1.35. The summed E-state index contributed by atoms with van der Waals surface area (Å²) in [6, 6.07) is 9.76. The smallest absolute Gasteiger partial charge is 0.337 e. The molecule has 0 unspecified atom stereocenters. The molecule has 0 aliphatic carbocycles. The molecule has 88 valence electrons. The van der Waals surface area contributed by atoms with Gasteiger partial charge in [-0.15, -0.1) is 0 Å². The Bertz CT molecular complexity index is 330. The highest BCUT2D eigenvalue weighted by atomic mass is 16.5. The fraction of sp³-hybridized carbons (Fsp3) is 0.462. The van der Waals surface area contributed by atoms with E-state index < -0.39 is 11.6 Å². The van der Waals surface area contributed by atoms with Crippen molar-refractivity contribution in [2.45, 2.75) is 32.3 Å². The molecule has 0 saturated carbocycles. The van der Waals surface area contributed by atoms with Gasteiger partial charge in [-0.2, -0.15) is 0 Å². The van der Waals surface area contributed by atoms with Crippen LogP contribution in [-0.2, 0) is 16.0 Å². The molecule has 1 aromatic rings. The molecule has 0 amide bonds. The molecule has 0 saturated heterocycles. The van der Waals surface area contributed by atoms with E-state index in [0.29, 0.717) is 19.4 Å². The lowest BCUT2D eigenvalue weighted by molar-refractivity contribution is -0.163. The third kappa shape index (κ3) is 3.66. The Kier molecular flexibility index (Phi) is 4.50. The zero-order valence-corrected chi connectivity index (χ0v) is 9.77. The maximum atomic E-state index is 11.4. The fourth-order valence-electron chi connectivity index (χ4n) is 1.42. The standard InChI is InChI=1S/C13H18O3/c1-3-16-12(14)13(2,15)10-9-11-7-5-4-6-8-11/h4-8,15H,3,9-10H2,1-2H3/t13-/m0/s1. The van der Waals surface area contributed by atoms with Crippen LogP contribution in [0.1, 0.15) is 25.8 Å².